The lowest BCUT2D eigenvalue weighted by Crippen LogP contribution is -2.25. The molecule has 1 atom stereocenters. The molecule has 4 nitrogen and oxygen atoms in total. The number of nitrogens with one attached hydrogen (secondary N) is 1. The third-order valence-electron chi connectivity index (χ3n) is 2.66. The van der Waals surface area contributed by atoms with Gasteiger partial charge in [-0.25, -0.2) is 0 Å². The first-order valence-corrected chi connectivity index (χ1v) is 5.75. The van der Waals surface area contributed by atoms with E-state index in [0.717, 1.165) is 26.1 Å². The highest BCUT2D eigenvalue weighted by atomic mass is 35.5. The van der Waals surface area contributed by atoms with Gasteiger partial charge in [0.25, 0.3) is 5.91 Å². The number of ether oxygens (including phenoxy) is 1. The van der Waals surface area contributed by atoms with E-state index >= 15 is 0 Å². The molecule has 0 radical (unpaired) electrons. The maximum atomic E-state index is 11.5. The van der Waals surface area contributed by atoms with E-state index in [-0.39, 0.29) is 16.9 Å². The molecule has 88 valence electrons. The molecule has 0 spiro atoms. The maximum absolute atomic E-state index is 11.5. The van der Waals surface area contributed by atoms with Crippen LogP contribution in [0.4, 0.5) is 0 Å². The summed E-state index contributed by atoms with van der Waals surface area (Å²) < 4.78 is 10.3. The van der Waals surface area contributed by atoms with Crippen molar-refractivity contribution in [3.63, 3.8) is 0 Å². The van der Waals surface area contributed by atoms with Gasteiger partial charge in [0.2, 0.25) is 0 Å². The molecule has 1 aromatic rings. The van der Waals surface area contributed by atoms with Crippen LogP contribution in [0.25, 0.3) is 0 Å². The molecule has 16 heavy (non-hydrogen) atoms. The molecule has 2 heterocycles. The Hall–Kier alpha value is -1.00. The van der Waals surface area contributed by atoms with Crippen molar-refractivity contribution in [1.82, 2.24) is 5.32 Å². The van der Waals surface area contributed by atoms with Gasteiger partial charge in [-0.3, -0.25) is 4.79 Å². The number of rotatable bonds is 4. The van der Waals surface area contributed by atoms with Crippen LogP contribution in [0.5, 0.6) is 0 Å². The van der Waals surface area contributed by atoms with E-state index in [2.05, 4.69) is 5.32 Å². The summed E-state index contributed by atoms with van der Waals surface area (Å²) in [5, 5.41) is 3.02. The highest BCUT2D eigenvalue weighted by Gasteiger charge is 2.16. The molecule has 0 bridgehead atoms. The monoisotopic (exact) mass is 243 g/mol. The number of hydrogen-bond acceptors (Lipinski definition) is 3. The van der Waals surface area contributed by atoms with Crippen LogP contribution in [0, 0.1) is 5.92 Å². The largest absolute Gasteiger partial charge is 0.440 e. The fourth-order valence-electron chi connectivity index (χ4n) is 1.72. The van der Waals surface area contributed by atoms with Gasteiger partial charge in [-0.05, 0) is 42.5 Å². The molecule has 0 aliphatic carbocycles. The SMILES string of the molecule is O=C(NCCC1CCOC1)c1ccc(Cl)o1. The molecule has 0 saturated carbocycles. The van der Waals surface area contributed by atoms with Crippen molar-refractivity contribution in [2.24, 2.45) is 5.92 Å². The van der Waals surface area contributed by atoms with Crippen LogP contribution in [0.2, 0.25) is 5.22 Å². The molecule has 0 aromatic carbocycles. The zero-order valence-electron chi connectivity index (χ0n) is 8.87. The van der Waals surface area contributed by atoms with Crippen LogP contribution >= 0.6 is 11.6 Å². The zero-order chi connectivity index (χ0) is 11.4. The lowest BCUT2D eigenvalue weighted by Gasteiger charge is -2.07. The number of halogens is 1. The van der Waals surface area contributed by atoms with Crippen molar-refractivity contribution >= 4 is 17.5 Å². The van der Waals surface area contributed by atoms with E-state index in [4.69, 9.17) is 20.8 Å². The van der Waals surface area contributed by atoms with Gasteiger partial charge in [-0.1, -0.05) is 0 Å². The van der Waals surface area contributed by atoms with Crippen LogP contribution < -0.4 is 5.32 Å². The standard InChI is InChI=1S/C11H14ClNO3/c12-10-2-1-9(16-10)11(14)13-5-3-8-4-6-15-7-8/h1-2,8H,3-7H2,(H,13,14). The maximum Gasteiger partial charge on any atom is 0.287 e. The molecule has 2 rings (SSSR count). The molecule has 1 aliphatic rings. The van der Waals surface area contributed by atoms with Crippen LogP contribution in [0.1, 0.15) is 23.4 Å². The molecule has 1 N–H and O–H groups in total. The zero-order valence-corrected chi connectivity index (χ0v) is 9.63. The van der Waals surface area contributed by atoms with Gasteiger partial charge >= 0.3 is 0 Å². The van der Waals surface area contributed by atoms with Gasteiger partial charge in [0.1, 0.15) is 0 Å². The third kappa shape index (κ3) is 3.00. The molecule has 1 aromatic heterocycles. The van der Waals surface area contributed by atoms with Crippen molar-refractivity contribution in [1.29, 1.82) is 0 Å². The summed E-state index contributed by atoms with van der Waals surface area (Å²) in [6.07, 6.45) is 2.03. The fourth-order valence-corrected chi connectivity index (χ4v) is 1.87. The summed E-state index contributed by atoms with van der Waals surface area (Å²) in [6.45, 7) is 2.29. The molecule has 1 aliphatic heterocycles. The summed E-state index contributed by atoms with van der Waals surface area (Å²) in [7, 11) is 0. The van der Waals surface area contributed by atoms with Gasteiger partial charge in [-0.2, -0.15) is 0 Å². The Morgan fingerprint density at radius 3 is 3.06 bits per heavy atom. The van der Waals surface area contributed by atoms with E-state index in [1.165, 1.54) is 0 Å². The first kappa shape index (κ1) is 11.5. The van der Waals surface area contributed by atoms with Crippen LogP contribution in [0.15, 0.2) is 16.5 Å². The molecule has 1 fully saturated rings. The summed E-state index contributed by atoms with van der Waals surface area (Å²) in [5.74, 6) is 0.610. The van der Waals surface area contributed by atoms with Crippen molar-refractivity contribution in [2.75, 3.05) is 19.8 Å². The quantitative estimate of drug-likeness (QED) is 0.881. The van der Waals surface area contributed by atoms with E-state index < -0.39 is 0 Å². The lowest BCUT2D eigenvalue weighted by atomic mass is 10.1. The summed E-state index contributed by atoms with van der Waals surface area (Å²) in [6, 6.07) is 3.12. The minimum atomic E-state index is -0.217. The second-order valence-corrected chi connectivity index (χ2v) is 4.25. The molecular weight excluding hydrogens is 230 g/mol. The van der Waals surface area contributed by atoms with Crippen molar-refractivity contribution in [3.05, 3.63) is 23.1 Å². The van der Waals surface area contributed by atoms with E-state index in [9.17, 15) is 4.79 Å². The Kier molecular flexibility index (Phi) is 3.85. The highest BCUT2D eigenvalue weighted by Crippen LogP contribution is 2.16. The second kappa shape index (κ2) is 5.37. The second-order valence-electron chi connectivity index (χ2n) is 3.88. The number of carbonyl (C=O) groups excluding carboxylic acids is 1. The van der Waals surface area contributed by atoms with Crippen molar-refractivity contribution in [2.45, 2.75) is 12.8 Å². The minimum absolute atomic E-state index is 0.217. The van der Waals surface area contributed by atoms with Gasteiger partial charge in [0.15, 0.2) is 11.0 Å². The Bertz CT molecular complexity index is 358. The van der Waals surface area contributed by atoms with Gasteiger partial charge in [0, 0.05) is 19.8 Å². The van der Waals surface area contributed by atoms with E-state index in [1.54, 1.807) is 12.1 Å². The third-order valence-corrected chi connectivity index (χ3v) is 2.86. The summed E-state index contributed by atoms with van der Waals surface area (Å²) in [4.78, 5) is 11.5. The average molecular weight is 244 g/mol. The van der Waals surface area contributed by atoms with E-state index in [1.807, 2.05) is 0 Å². The predicted octanol–water partition coefficient (Wildman–Crippen LogP) is 2.09. The predicted molar refractivity (Wildman–Crippen MR) is 59.6 cm³/mol. The minimum Gasteiger partial charge on any atom is -0.440 e. The number of hydrogen-bond donors (Lipinski definition) is 1. The topological polar surface area (TPSA) is 51.5 Å². The Balaban J connectivity index is 1.71. The first-order chi connectivity index (χ1) is 7.75. The van der Waals surface area contributed by atoms with Crippen LogP contribution in [0.3, 0.4) is 0 Å². The molecule has 1 amide bonds. The number of furan rings is 1. The Morgan fingerprint density at radius 2 is 2.44 bits per heavy atom. The van der Waals surface area contributed by atoms with Crippen LogP contribution in [-0.4, -0.2) is 25.7 Å². The van der Waals surface area contributed by atoms with Crippen molar-refractivity contribution < 1.29 is 13.9 Å². The molecule has 1 saturated heterocycles. The fraction of sp³-hybridized carbons (Fsp3) is 0.545. The number of amides is 1. The van der Waals surface area contributed by atoms with Crippen molar-refractivity contribution in [3.8, 4) is 0 Å². The number of carbonyl (C=O) groups is 1. The highest BCUT2D eigenvalue weighted by molar-refractivity contribution is 6.29. The van der Waals surface area contributed by atoms with Gasteiger partial charge in [-0.15, -0.1) is 0 Å². The summed E-state index contributed by atoms with van der Waals surface area (Å²) >= 11 is 5.58. The smallest absolute Gasteiger partial charge is 0.287 e. The first-order valence-electron chi connectivity index (χ1n) is 5.37. The molecular formula is C11H14ClNO3. The lowest BCUT2D eigenvalue weighted by molar-refractivity contribution is 0.0923. The molecule has 1 unspecified atom stereocenters. The average Bonchev–Trinajstić information content (AvgIpc) is 2.89. The van der Waals surface area contributed by atoms with Crippen LogP contribution in [-0.2, 0) is 4.74 Å². The van der Waals surface area contributed by atoms with Gasteiger partial charge in [0.05, 0.1) is 0 Å². The Morgan fingerprint density at radius 1 is 1.56 bits per heavy atom. The Labute approximate surface area is 98.9 Å². The summed E-state index contributed by atoms with van der Waals surface area (Å²) in [5.41, 5.74) is 0. The molecule has 5 heteroatoms. The van der Waals surface area contributed by atoms with E-state index in [0.29, 0.717) is 12.5 Å². The van der Waals surface area contributed by atoms with Gasteiger partial charge < -0.3 is 14.5 Å². The normalized spacial score (nSPS) is 19.9.